The molecule has 5 rings (SSSR count). The van der Waals surface area contributed by atoms with Gasteiger partial charge in [0.2, 0.25) is 29.5 Å². The minimum absolute atomic E-state index is 0.00499. The van der Waals surface area contributed by atoms with Crippen LogP contribution in [0.2, 0.25) is 0 Å². The van der Waals surface area contributed by atoms with Gasteiger partial charge in [-0.1, -0.05) is 6.07 Å². The molecule has 4 aliphatic rings. The Kier molecular flexibility index (Phi) is 13.8. The van der Waals surface area contributed by atoms with Crippen molar-refractivity contribution in [2.75, 3.05) is 46.1 Å². The molecule has 9 amide bonds. The van der Waals surface area contributed by atoms with E-state index in [1.54, 1.807) is 0 Å². The second kappa shape index (κ2) is 18.7. The van der Waals surface area contributed by atoms with Gasteiger partial charge in [-0.05, 0) is 31.4 Å². The van der Waals surface area contributed by atoms with E-state index in [1.807, 2.05) is 0 Å². The third-order valence-corrected chi connectivity index (χ3v) is 8.71. The molecule has 3 unspecified atom stereocenters. The molecule has 0 bridgehead atoms. The topological polar surface area (TPSA) is 222 Å². The Morgan fingerprint density at radius 1 is 0.852 bits per heavy atom. The number of halogens is 1. The van der Waals surface area contributed by atoms with E-state index >= 15 is 4.39 Å². The van der Waals surface area contributed by atoms with Crippen molar-refractivity contribution in [3.8, 4) is 5.75 Å². The molecule has 4 heterocycles. The van der Waals surface area contributed by atoms with Crippen molar-refractivity contribution < 1.29 is 71.2 Å². The second-order valence-electron chi connectivity index (χ2n) is 12.7. The van der Waals surface area contributed by atoms with Crippen molar-refractivity contribution >= 4 is 53.2 Å². The molecule has 18 nitrogen and oxygen atoms in total. The Morgan fingerprint density at radius 3 is 2.11 bits per heavy atom. The highest BCUT2D eigenvalue weighted by atomic mass is 19.1. The molecule has 0 spiro atoms. The van der Waals surface area contributed by atoms with Crippen LogP contribution in [-0.4, -0.2) is 126 Å². The van der Waals surface area contributed by atoms with E-state index in [1.165, 1.54) is 18.2 Å². The second-order valence-corrected chi connectivity index (χ2v) is 12.7. The molecule has 3 saturated heterocycles. The number of hydrogen-bond acceptors (Lipinski definition) is 14. The number of ether oxygens (including phenoxy) is 5. The van der Waals surface area contributed by atoms with Crippen molar-refractivity contribution in [2.45, 2.75) is 69.9 Å². The number of likely N-dealkylation sites (tertiary alicyclic amines) is 2. The highest BCUT2D eigenvalue weighted by molar-refractivity contribution is 6.16. The van der Waals surface area contributed by atoms with Gasteiger partial charge in [0.1, 0.15) is 25.9 Å². The molecule has 19 heteroatoms. The fraction of sp³-hybridized carbons (Fsp3) is 0.514. The Morgan fingerprint density at radius 2 is 1.48 bits per heavy atom. The first-order chi connectivity index (χ1) is 25.9. The van der Waals surface area contributed by atoms with E-state index in [9.17, 15) is 43.2 Å². The van der Waals surface area contributed by atoms with Crippen LogP contribution in [0.25, 0.3) is 0 Å². The molecule has 54 heavy (non-hydrogen) atoms. The van der Waals surface area contributed by atoms with Crippen molar-refractivity contribution in [2.24, 2.45) is 0 Å². The minimum Gasteiger partial charge on any atom is -0.488 e. The summed E-state index contributed by atoms with van der Waals surface area (Å²) in [5.74, 6) is -6.60. The first kappa shape index (κ1) is 40.0. The van der Waals surface area contributed by atoms with Crippen LogP contribution in [0.15, 0.2) is 30.4 Å². The van der Waals surface area contributed by atoms with Crippen LogP contribution in [0.3, 0.4) is 0 Å². The maximum atomic E-state index is 15.2. The van der Waals surface area contributed by atoms with E-state index < -0.39 is 91.9 Å². The van der Waals surface area contributed by atoms with Crippen LogP contribution in [0.4, 0.5) is 4.39 Å². The average molecular weight is 759 g/mol. The number of carbonyl (C=O) groups is 9. The third kappa shape index (κ3) is 10.5. The Balaban J connectivity index is 1.05. The number of unbranched alkanes of at least 4 members (excludes halogenated alkanes) is 1. The average Bonchev–Trinajstić information content (AvgIpc) is 3.92. The molecule has 4 aliphatic heterocycles. The summed E-state index contributed by atoms with van der Waals surface area (Å²) in [6.45, 7) is -1.56. The lowest BCUT2D eigenvalue weighted by molar-refractivity contribution is -0.157. The van der Waals surface area contributed by atoms with E-state index in [0.29, 0.717) is 41.2 Å². The van der Waals surface area contributed by atoms with Crippen LogP contribution in [0.5, 0.6) is 5.75 Å². The van der Waals surface area contributed by atoms with E-state index in [4.69, 9.17) is 23.7 Å². The van der Waals surface area contributed by atoms with Gasteiger partial charge in [0, 0.05) is 62.9 Å². The highest BCUT2D eigenvalue weighted by Crippen LogP contribution is 2.31. The Labute approximate surface area is 307 Å². The summed E-state index contributed by atoms with van der Waals surface area (Å²) in [5.41, 5.74) is 0.381. The van der Waals surface area contributed by atoms with Crippen molar-refractivity contribution in [1.29, 1.82) is 0 Å². The summed E-state index contributed by atoms with van der Waals surface area (Å²) in [6.07, 6.45) is 1.63. The van der Waals surface area contributed by atoms with E-state index in [2.05, 4.69) is 5.32 Å². The predicted molar refractivity (Wildman–Crippen MR) is 176 cm³/mol. The number of imide groups is 7. The quantitative estimate of drug-likeness (QED) is 0.145. The fourth-order valence-corrected chi connectivity index (χ4v) is 5.87. The smallest absolute Gasteiger partial charge is 0.262 e. The summed E-state index contributed by atoms with van der Waals surface area (Å²) >= 11 is 0. The number of carbonyl (C=O) groups excluding carboxylic acids is 9. The number of hydrogen-bond donors (Lipinski definition) is 1. The van der Waals surface area contributed by atoms with Gasteiger partial charge in [-0.2, -0.15) is 0 Å². The SMILES string of the molecule is O=C(CCN1C(=O)C=CC1=O)NCCCCC1COC(c2ccc(OCC(COCC(=O)N3C(=O)CCC3=O)OCC(=O)N3C(=O)CCC3=O)c(F)c2)O1. The van der Waals surface area contributed by atoms with Gasteiger partial charge in [-0.15, -0.1) is 0 Å². The van der Waals surface area contributed by atoms with Gasteiger partial charge in [0.25, 0.3) is 23.6 Å². The molecule has 0 radical (unpaired) electrons. The van der Waals surface area contributed by atoms with Crippen molar-refractivity contribution in [3.63, 3.8) is 0 Å². The van der Waals surface area contributed by atoms with Crippen molar-refractivity contribution in [3.05, 3.63) is 41.7 Å². The molecule has 1 aromatic carbocycles. The number of nitrogens with zero attached hydrogens (tertiary/aromatic N) is 3. The first-order valence-electron chi connectivity index (χ1n) is 17.4. The molecule has 1 N–H and O–H groups in total. The number of rotatable bonds is 19. The minimum atomic E-state index is -1.13. The van der Waals surface area contributed by atoms with Crippen LogP contribution in [-0.2, 0) is 62.1 Å². The summed E-state index contributed by atoms with van der Waals surface area (Å²) in [4.78, 5) is 110. The third-order valence-electron chi connectivity index (χ3n) is 8.71. The lowest BCUT2D eigenvalue weighted by Gasteiger charge is -2.21. The number of benzene rings is 1. The Hall–Kier alpha value is -5.24. The van der Waals surface area contributed by atoms with E-state index in [-0.39, 0.29) is 63.0 Å². The molecule has 0 aliphatic carbocycles. The molecule has 0 saturated carbocycles. The molecule has 3 fully saturated rings. The van der Waals surface area contributed by atoms with Gasteiger partial charge < -0.3 is 29.0 Å². The molecule has 0 aromatic heterocycles. The zero-order chi connectivity index (χ0) is 38.8. The maximum Gasteiger partial charge on any atom is 0.262 e. The fourth-order valence-electron chi connectivity index (χ4n) is 5.87. The van der Waals surface area contributed by atoms with Gasteiger partial charge in [0.15, 0.2) is 17.9 Å². The van der Waals surface area contributed by atoms with Gasteiger partial charge in [0.05, 0.1) is 19.3 Å². The lowest BCUT2D eigenvalue weighted by atomic mass is 10.1. The van der Waals surface area contributed by atoms with Crippen LogP contribution < -0.4 is 10.1 Å². The normalized spacial score (nSPS) is 20.5. The maximum absolute atomic E-state index is 15.2. The highest BCUT2D eigenvalue weighted by Gasteiger charge is 2.36. The summed E-state index contributed by atoms with van der Waals surface area (Å²) in [7, 11) is 0. The summed E-state index contributed by atoms with van der Waals surface area (Å²) < 4.78 is 43.2. The Bertz CT molecular complexity index is 1670. The predicted octanol–water partition coefficient (Wildman–Crippen LogP) is -0.0269. The molecular formula is C35H39FN4O14. The molecule has 290 valence electrons. The number of amides is 9. The standard InChI is InChI=1S/C35H39FN4O14/c36-24-15-21(35-53-17-22(54-35)3-1-2-13-37-26(41)12-14-38-27(42)6-7-28(38)43)4-5-25(24)52-18-23(51-20-34(49)40-31(46)10-11-32(40)47)16-50-19-33(48)39-29(44)8-9-30(39)45/h4-7,15,22-23,35H,1-3,8-14,16-20H2,(H,37,41). The van der Waals surface area contributed by atoms with Crippen LogP contribution in [0.1, 0.15) is 63.2 Å². The molecule has 3 atom stereocenters. The monoisotopic (exact) mass is 758 g/mol. The van der Waals surface area contributed by atoms with Gasteiger partial charge in [-0.3, -0.25) is 48.1 Å². The number of nitrogens with one attached hydrogen (secondary N) is 1. The van der Waals surface area contributed by atoms with Crippen molar-refractivity contribution in [1.82, 2.24) is 20.0 Å². The van der Waals surface area contributed by atoms with E-state index in [0.717, 1.165) is 17.1 Å². The van der Waals surface area contributed by atoms with Crippen LogP contribution in [0, 0.1) is 5.82 Å². The lowest BCUT2D eigenvalue weighted by Crippen LogP contribution is -2.41. The first-order valence-corrected chi connectivity index (χ1v) is 17.4. The largest absolute Gasteiger partial charge is 0.488 e. The zero-order valence-electron chi connectivity index (χ0n) is 29.2. The summed E-state index contributed by atoms with van der Waals surface area (Å²) in [6, 6.07) is 4.03. The summed E-state index contributed by atoms with van der Waals surface area (Å²) in [5, 5.41) is 2.75. The van der Waals surface area contributed by atoms with Gasteiger partial charge in [-0.25, -0.2) is 14.2 Å². The zero-order valence-corrected chi connectivity index (χ0v) is 29.2. The molecule has 1 aromatic rings. The van der Waals surface area contributed by atoms with Crippen LogP contribution >= 0.6 is 0 Å². The molecular weight excluding hydrogens is 719 g/mol. The van der Waals surface area contributed by atoms with Gasteiger partial charge >= 0.3 is 0 Å².